The summed E-state index contributed by atoms with van der Waals surface area (Å²) < 4.78 is 0. The van der Waals surface area contributed by atoms with Gasteiger partial charge in [-0.15, -0.1) is 0 Å². The minimum Gasteiger partial charge on any atom is -0.508 e. The zero-order chi connectivity index (χ0) is 12.3. The number of benzene rings is 1. The predicted octanol–water partition coefficient (Wildman–Crippen LogP) is 3.42. The van der Waals surface area contributed by atoms with Crippen molar-refractivity contribution in [3.63, 3.8) is 0 Å². The van der Waals surface area contributed by atoms with Gasteiger partial charge in [0.05, 0.1) is 0 Å². The third-order valence-electron chi connectivity index (χ3n) is 2.94. The standard InChI is InChI=1S/C14H20O2/c1-5-12(15)14(9(2)3)11-6-7-13(16)10(4)8-11/h6-9,14,16H,5H2,1-4H3. The minimum absolute atomic E-state index is 0.0516. The minimum atomic E-state index is -0.0516. The van der Waals surface area contributed by atoms with Crippen molar-refractivity contribution in [3.8, 4) is 5.75 Å². The molecule has 0 aromatic heterocycles. The second kappa shape index (κ2) is 5.15. The second-order valence-electron chi connectivity index (χ2n) is 4.59. The molecule has 0 spiro atoms. The first-order valence-corrected chi connectivity index (χ1v) is 5.79. The van der Waals surface area contributed by atoms with Gasteiger partial charge in [0.1, 0.15) is 11.5 Å². The summed E-state index contributed by atoms with van der Waals surface area (Å²) >= 11 is 0. The molecular weight excluding hydrogens is 200 g/mol. The van der Waals surface area contributed by atoms with Crippen LogP contribution in [0.4, 0.5) is 0 Å². The quantitative estimate of drug-likeness (QED) is 0.844. The largest absolute Gasteiger partial charge is 0.508 e. The normalized spacial score (nSPS) is 12.8. The number of aryl methyl sites for hydroxylation is 1. The number of phenolic OH excluding ortho intramolecular Hbond substituents is 1. The molecular formula is C14H20O2. The van der Waals surface area contributed by atoms with E-state index in [1.54, 1.807) is 6.07 Å². The van der Waals surface area contributed by atoms with Crippen LogP contribution in [0.2, 0.25) is 0 Å². The Morgan fingerprint density at radius 1 is 1.38 bits per heavy atom. The Labute approximate surface area is 97.3 Å². The van der Waals surface area contributed by atoms with E-state index in [-0.39, 0.29) is 23.4 Å². The lowest BCUT2D eigenvalue weighted by atomic mass is 9.83. The van der Waals surface area contributed by atoms with Gasteiger partial charge in [0, 0.05) is 12.3 Å². The molecule has 1 N–H and O–H groups in total. The number of aromatic hydroxyl groups is 1. The van der Waals surface area contributed by atoms with Gasteiger partial charge in [-0.3, -0.25) is 4.79 Å². The van der Waals surface area contributed by atoms with E-state index in [4.69, 9.17) is 0 Å². The molecule has 0 radical (unpaired) electrons. The third-order valence-corrected chi connectivity index (χ3v) is 2.94. The molecule has 1 aromatic carbocycles. The highest BCUT2D eigenvalue weighted by Crippen LogP contribution is 2.29. The van der Waals surface area contributed by atoms with E-state index < -0.39 is 0 Å². The van der Waals surface area contributed by atoms with Crippen molar-refractivity contribution in [2.24, 2.45) is 5.92 Å². The zero-order valence-corrected chi connectivity index (χ0v) is 10.4. The highest BCUT2D eigenvalue weighted by molar-refractivity contribution is 5.85. The second-order valence-corrected chi connectivity index (χ2v) is 4.59. The maximum atomic E-state index is 11.9. The first-order chi connectivity index (χ1) is 7.47. The average Bonchev–Trinajstić information content (AvgIpc) is 2.22. The maximum absolute atomic E-state index is 11.9. The molecule has 1 aromatic rings. The number of Topliss-reactive ketones (excluding diaryl/α,β-unsaturated/α-hetero) is 1. The van der Waals surface area contributed by atoms with Crippen molar-refractivity contribution < 1.29 is 9.90 Å². The number of carbonyl (C=O) groups excluding carboxylic acids is 1. The van der Waals surface area contributed by atoms with Crippen LogP contribution in [0.15, 0.2) is 18.2 Å². The summed E-state index contributed by atoms with van der Waals surface area (Å²) in [4.78, 5) is 11.9. The Hall–Kier alpha value is -1.31. The Balaban J connectivity index is 3.11. The predicted molar refractivity (Wildman–Crippen MR) is 65.7 cm³/mol. The number of phenols is 1. The van der Waals surface area contributed by atoms with Crippen molar-refractivity contribution in [1.82, 2.24) is 0 Å². The molecule has 88 valence electrons. The van der Waals surface area contributed by atoms with Crippen molar-refractivity contribution in [1.29, 1.82) is 0 Å². The Morgan fingerprint density at radius 3 is 2.44 bits per heavy atom. The van der Waals surface area contributed by atoms with Crippen LogP contribution in [0, 0.1) is 12.8 Å². The molecule has 1 atom stereocenters. The van der Waals surface area contributed by atoms with Gasteiger partial charge < -0.3 is 5.11 Å². The number of ketones is 1. The molecule has 2 heteroatoms. The van der Waals surface area contributed by atoms with Gasteiger partial charge >= 0.3 is 0 Å². The molecule has 0 aliphatic rings. The lowest BCUT2D eigenvalue weighted by Crippen LogP contribution is -2.17. The Bertz CT molecular complexity index is 380. The highest BCUT2D eigenvalue weighted by atomic mass is 16.3. The summed E-state index contributed by atoms with van der Waals surface area (Å²) in [6.07, 6.45) is 0.558. The molecule has 16 heavy (non-hydrogen) atoms. The topological polar surface area (TPSA) is 37.3 Å². The fourth-order valence-corrected chi connectivity index (χ4v) is 2.03. The van der Waals surface area contributed by atoms with E-state index in [1.165, 1.54) is 0 Å². The van der Waals surface area contributed by atoms with Crippen LogP contribution in [0.25, 0.3) is 0 Å². The maximum Gasteiger partial charge on any atom is 0.140 e. The van der Waals surface area contributed by atoms with Gasteiger partial charge in [-0.2, -0.15) is 0 Å². The summed E-state index contributed by atoms with van der Waals surface area (Å²) in [5.41, 5.74) is 1.84. The van der Waals surface area contributed by atoms with Gasteiger partial charge in [0.2, 0.25) is 0 Å². The molecule has 0 saturated carbocycles. The summed E-state index contributed by atoms with van der Waals surface area (Å²) in [7, 11) is 0. The molecule has 2 nitrogen and oxygen atoms in total. The fourth-order valence-electron chi connectivity index (χ4n) is 2.03. The van der Waals surface area contributed by atoms with Crippen LogP contribution >= 0.6 is 0 Å². The molecule has 0 fully saturated rings. The van der Waals surface area contributed by atoms with Crippen LogP contribution in [0.3, 0.4) is 0 Å². The van der Waals surface area contributed by atoms with Crippen LogP contribution in [0.5, 0.6) is 5.75 Å². The van der Waals surface area contributed by atoms with Crippen molar-refractivity contribution in [3.05, 3.63) is 29.3 Å². The van der Waals surface area contributed by atoms with E-state index in [2.05, 4.69) is 13.8 Å². The smallest absolute Gasteiger partial charge is 0.140 e. The number of rotatable bonds is 4. The molecule has 0 bridgehead atoms. The lowest BCUT2D eigenvalue weighted by molar-refractivity contribution is -0.121. The first-order valence-electron chi connectivity index (χ1n) is 5.79. The van der Waals surface area contributed by atoms with Gasteiger partial charge in [-0.25, -0.2) is 0 Å². The lowest BCUT2D eigenvalue weighted by Gasteiger charge is -2.20. The van der Waals surface area contributed by atoms with Gasteiger partial charge in [-0.1, -0.05) is 32.9 Å². The monoisotopic (exact) mass is 220 g/mol. The highest BCUT2D eigenvalue weighted by Gasteiger charge is 2.22. The molecule has 1 unspecified atom stereocenters. The number of carbonyl (C=O) groups is 1. The van der Waals surface area contributed by atoms with Gasteiger partial charge in [-0.05, 0) is 30.0 Å². The summed E-state index contributed by atoms with van der Waals surface area (Å²) in [6, 6.07) is 5.43. The summed E-state index contributed by atoms with van der Waals surface area (Å²) in [6.45, 7) is 7.86. The van der Waals surface area contributed by atoms with Crippen LogP contribution in [0.1, 0.15) is 44.2 Å². The third kappa shape index (κ3) is 2.63. The van der Waals surface area contributed by atoms with E-state index >= 15 is 0 Å². The van der Waals surface area contributed by atoms with Crippen LogP contribution in [-0.4, -0.2) is 10.9 Å². The number of hydrogen-bond donors (Lipinski definition) is 1. The molecule has 0 heterocycles. The SMILES string of the molecule is CCC(=O)C(c1ccc(O)c(C)c1)C(C)C. The van der Waals surface area contributed by atoms with Crippen LogP contribution < -0.4 is 0 Å². The summed E-state index contributed by atoms with van der Waals surface area (Å²) in [5, 5.41) is 9.47. The Kier molecular flexibility index (Phi) is 4.11. The van der Waals surface area contributed by atoms with Gasteiger partial charge in [0.15, 0.2) is 0 Å². The van der Waals surface area contributed by atoms with Crippen molar-refractivity contribution >= 4 is 5.78 Å². The van der Waals surface area contributed by atoms with Crippen molar-refractivity contribution in [2.75, 3.05) is 0 Å². The molecule has 1 rings (SSSR count). The van der Waals surface area contributed by atoms with Crippen LogP contribution in [-0.2, 0) is 4.79 Å². The average molecular weight is 220 g/mol. The van der Waals surface area contributed by atoms with Gasteiger partial charge in [0.25, 0.3) is 0 Å². The number of hydrogen-bond acceptors (Lipinski definition) is 2. The molecule has 0 aliphatic heterocycles. The first kappa shape index (κ1) is 12.8. The zero-order valence-electron chi connectivity index (χ0n) is 10.4. The van der Waals surface area contributed by atoms with E-state index in [9.17, 15) is 9.90 Å². The molecule has 0 amide bonds. The fraction of sp³-hybridized carbons (Fsp3) is 0.500. The van der Waals surface area contributed by atoms with E-state index in [1.807, 2.05) is 26.0 Å². The molecule has 0 saturated heterocycles. The van der Waals surface area contributed by atoms with Crippen molar-refractivity contribution in [2.45, 2.75) is 40.0 Å². The van der Waals surface area contributed by atoms with E-state index in [0.717, 1.165) is 11.1 Å². The molecule has 0 aliphatic carbocycles. The summed E-state index contributed by atoms with van der Waals surface area (Å²) in [5.74, 6) is 0.788. The Morgan fingerprint density at radius 2 is 2.00 bits per heavy atom. The van der Waals surface area contributed by atoms with E-state index in [0.29, 0.717) is 6.42 Å².